The van der Waals surface area contributed by atoms with Crippen molar-refractivity contribution in [3.63, 3.8) is 0 Å². The Hall–Kier alpha value is -3.53. The molecule has 1 fully saturated rings. The van der Waals surface area contributed by atoms with Crippen LogP contribution in [0.1, 0.15) is 36.3 Å². The molecule has 2 unspecified atom stereocenters. The van der Waals surface area contributed by atoms with E-state index in [2.05, 4.69) is 5.32 Å². The van der Waals surface area contributed by atoms with Gasteiger partial charge in [0.25, 0.3) is 5.91 Å². The fourth-order valence-electron chi connectivity index (χ4n) is 4.13. The van der Waals surface area contributed by atoms with Gasteiger partial charge in [-0.25, -0.2) is 23.9 Å². The molecule has 0 saturated heterocycles. The number of carbonyl (C=O) groups is 3. The van der Waals surface area contributed by atoms with Crippen molar-refractivity contribution in [1.29, 1.82) is 0 Å². The number of benzene rings is 2. The average Bonchev–Trinajstić information content (AvgIpc) is 3.59. The van der Waals surface area contributed by atoms with Gasteiger partial charge < -0.3 is 15.2 Å². The molecule has 0 radical (unpaired) electrons. The minimum atomic E-state index is -2.90. The fraction of sp³-hybridized carbons (Fsp3) is 0.375. The Morgan fingerprint density at radius 2 is 1.59 bits per heavy atom. The highest BCUT2D eigenvalue weighted by Gasteiger charge is 2.39. The number of aliphatic carboxylic acids is 1. The molecule has 2 aliphatic rings. The van der Waals surface area contributed by atoms with Gasteiger partial charge in [-0.1, -0.05) is 48.5 Å². The van der Waals surface area contributed by atoms with Crippen LogP contribution in [-0.2, 0) is 19.2 Å². The van der Waals surface area contributed by atoms with E-state index in [1.54, 1.807) is 0 Å². The third-order valence-electron chi connectivity index (χ3n) is 5.95. The zero-order chi connectivity index (χ0) is 24.2. The van der Waals surface area contributed by atoms with Crippen molar-refractivity contribution in [3.8, 4) is 11.1 Å². The van der Waals surface area contributed by atoms with Gasteiger partial charge in [0.1, 0.15) is 12.6 Å². The number of alkyl halides is 2. The summed E-state index contributed by atoms with van der Waals surface area (Å²) >= 11 is 0. The number of hydrogen-bond donors (Lipinski definition) is 3. The zero-order valence-corrected chi connectivity index (χ0v) is 18.1. The maximum absolute atomic E-state index is 13.0. The standard InChI is InChI=1S/C24H24F2N2O6/c25-20(26)11-19(22(29)28-34-21(23(30)31)13-9-10-13)27-24(32)33-12-18-16-7-3-1-5-14(16)15-6-2-4-8-17(15)18/h1-8,13,18-21H,9-12H2,(H,27,32)(H,28,29)(H,30,31). The smallest absolute Gasteiger partial charge is 0.407 e. The van der Waals surface area contributed by atoms with Crippen molar-refractivity contribution in [2.24, 2.45) is 5.92 Å². The lowest BCUT2D eigenvalue weighted by atomic mass is 9.98. The molecule has 0 heterocycles. The fourth-order valence-corrected chi connectivity index (χ4v) is 4.13. The second-order valence-corrected chi connectivity index (χ2v) is 8.33. The van der Waals surface area contributed by atoms with Crippen molar-refractivity contribution in [2.75, 3.05) is 6.61 Å². The van der Waals surface area contributed by atoms with Gasteiger partial charge in [-0.05, 0) is 41.0 Å². The summed E-state index contributed by atoms with van der Waals surface area (Å²) in [6, 6.07) is 13.8. The van der Waals surface area contributed by atoms with Gasteiger partial charge in [-0.3, -0.25) is 9.63 Å². The summed E-state index contributed by atoms with van der Waals surface area (Å²) in [6.07, 6.45) is -4.94. The molecule has 0 aromatic heterocycles. The number of rotatable bonds is 10. The number of carboxylic acids is 1. The first kappa shape index (κ1) is 23.6. The van der Waals surface area contributed by atoms with Crippen molar-refractivity contribution in [2.45, 2.75) is 43.8 Å². The molecule has 10 heteroatoms. The van der Waals surface area contributed by atoms with E-state index in [0.717, 1.165) is 22.3 Å². The van der Waals surface area contributed by atoms with E-state index in [1.165, 1.54) is 0 Å². The lowest BCUT2D eigenvalue weighted by molar-refractivity contribution is -0.163. The Labute approximate surface area is 194 Å². The van der Waals surface area contributed by atoms with Crippen LogP contribution >= 0.6 is 0 Å². The molecule has 1 saturated carbocycles. The van der Waals surface area contributed by atoms with E-state index in [9.17, 15) is 23.2 Å². The van der Waals surface area contributed by atoms with E-state index in [1.807, 2.05) is 54.0 Å². The summed E-state index contributed by atoms with van der Waals surface area (Å²) in [5.74, 6) is -2.83. The van der Waals surface area contributed by atoms with Gasteiger partial charge in [0.2, 0.25) is 6.43 Å². The molecule has 2 aliphatic carbocycles. The first-order valence-corrected chi connectivity index (χ1v) is 10.9. The number of hydroxylamine groups is 1. The van der Waals surface area contributed by atoms with Crippen LogP contribution in [0, 0.1) is 5.92 Å². The Kier molecular flexibility index (Phi) is 7.06. The molecule has 8 nitrogen and oxygen atoms in total. The molecule has 3 N–H and O–H groups in total. The summed E-state index contributed by atoms with van der Waals surface area (Å²) in [6.45, 7) is -0.0534. The summed E-state index contributed by atoms with van der Waals surface area (Å²) in [7, 11) is 0. The second-order valence-electron chi connectivity index (χ2n) is 8.33. The molecule has 180 valence electrons. The van der Waals surface area contributed by atoms with Crippen LogP contribution in [0.25, 0.3) is 11.1 Å². The predicted octanol–water partition coefficient (Wildman–Crippen LogP) is 3.46. The van der Waals surface area contributed by atoms with Crippen LogP contribution in [0.3, 0.4) is 0 Å². The molecular formula is C24H24F2N2O6. The Morgan fingerprint density at radius 3 is 2.12 bits per heavy atom. The maximum Gasteiger partial charge on any atom is 0.407 e. The van der Waals surface area contributed by atoms with Crippen LogP contribution in [-0.4, -0.2) is 48.3 Å². The van der Waals surface area contributed by atoms with Gasteiger partial charge in [-0.15, -0.1) is 0 Å². The lowest BCUT2D eigenvalue weighted by Gasteiger charge is -2.20. The Bertz CT molecular complexity index is 1030. The molecule has 0 aliphatic heterocycles. The quantitative estimate of drug-likeness (QED) is 0.455. The van der Waals surface area contributed by atoms with Crippen LogP contribution < -0.4 is 10.8 Å². The zero-order valence-electron chi connectivity index (χ0n) is 18.1. The topological polar surface area (TPSA) is 114 Å². The largest absolute Gasteiger partial charge is 0.479 e. The number of carbonyl (C=O) groups excluding carboxylic acids is 2. The normalized spacial score (nSPS) is 16.3. The van der Waals surface area contributed by atoms with Gasteiger partial charge in [0, 0.05) is 12.3 Å². The number of hydrogen-bond acceptors (Lipinski definition) is 5. The highest BCUT2D eigenvalue weighted by molar-refractivity contribution is 5.85. The van der Waals surface area contributed by atoms with E-state index >= 15 is 0 Å². The predicted molar refractivity (Wildman–Crippen MR) is 116 cm³/mol. The Balaban J connectivity index is 1.37. The summed E-state index contributed by atoms with van der Waals surface area (Å²) in [5.41, 5.74) is 5.91. The number of carboxylic acid groups (broad SMARTS) is 1. The van der Waals surface area contributed by atoms with Crippen LogP contribution in [0.5, 0.6) is 0 Å². The number of nitrogens with one attached hydrogen (secondary N) is 2. The number of alkyl carbamates (subject to hydrolysis) is 1. The highest BCUT2D eigenvalue weighted by atomic mass is 19.3. The summed E-state index contributed by atoms with van der Waals surface area (Å²) in [5, 5.41) is 11.3. The molecular weight excluding hydrogens is 450 g/mol. The molecule has 0 spiro atoms. The molecule has 4 rings (SSSR count). The van der Waals surface area contributed by atoms with Gasteiger partial charge in [0.15, 0.2) is 6.10 Å². The molecule has 0 bridgehead atoms. The Morgan fingerprint density at radius 1 is 1.00 bits per heavy atom. The molecule has 2 aromatic rings. The average molecular weight is 474 g/mol. The number of ether oxygens (including phenoxy) is 1. The molecule has 34 heavy (non-hydrogen) atoms. The highest BCUT2D eigenvalue weighted by Crippen LogP contribution is 2.44. The van der Waals surface area contributed by atoms with E-state index in [0.29, 0.717) is 12.8 Å². The van der Waals surface area contributed by atoms with Crippen molar-refractivity contribution < 1.29 is 37.8 Å². The minimum absolute atomic E-state index is 0.0534. The first-order chi connectivity index (χ1) is 16.3. The summed E-state index contributed by atoms with van der Waals surface area (Å²) in [4.78, 5) is 40.9. The van der Waals surface area contributed by atoms with Crippen molar-refractivity contribution in [1.82, 2.24) is 10.8 Å². The third kappa shape index (κ3) is 5.33. The monoisotopic (exact) mass is 474 g/mol. The van der Waals surface area contributed by atoms with Gasteiger partial charge >= 0.3 is 12.1 Å². The number of halogens is 2. The first-order valence-electron chi connectivity index (χ1n) is 10.9. The molecule has 2 atom stereocenters. The summed E-state index contributed by atoms with van der Waals surface area (Å²) < 4.78 is 31.3. The van der Waals surface area contributed by atoms with Crippen molar-refractivity contribution >= 4 is 18.0 Å². The molecule has 2 aromatic carbocycles. The van der Waals surface area contributed by atoms with Gasteiger partial charge in [0.05, 0.1) is 0 Å². The number of amides is 2. The van der Waals surface area contributed by atoms with E-state index in [4.69, 9.17) is 14.7 Å². The van der Waals surface area contributed by atoms with E-state index < -0.39 is 43.0 Å². The van der Waals surface area contributed by atoms with Gasteiger partial charge in [-0.2, -0.15) is 0 Å². The van der Waals surface area contributed by atoms with Crippen molar-refractivity contribution in [3.05, 3.63) is 59.7 Å². The third-order valence-corrected chi connectivity index (χ3v) is 5.95. The second kappa shape index (κ2) is 10.2. The van der Waals surface area contributed by atoms with Crippen LogP contribution in [0.15, 0.2) is 48.5 Å². The molecule has 2 amide bonds. The maximum atomic E-state index is 13.0. The van der Waals surface area contributed by atoms with Crippen LogP contribution in [0.4, 0.5) is 13.6 Å². The SMILES string of the molecule is O=C(NC(CC(F)F)C(=O)NOC(C(=O)O)C1CC1)OCC1c2ccccc2-c2ccccc21. The number of fused-ring (bicyclic) bond motifs is 3. The van der Waals surface area contributed by atoms with E-state index in [-0.39, 0.29) is 18.4 Å². The lowest BCUT2D eigenvalue weighted by Crippen LogP contribution is -2.49. The minimum Gasteiger partial charge on any atom is -0.479 e. The van der Waals surface area contributed by atoms with Crippen LogP contribution in [0.2, 0.25) is 0 Å².